The number of aldehydes is 1. The fraction of sp³-hybridized carbons (Fsp3) is 0.200. The third-order valence-corrected chi connectivity index (χ3v) is 2.78. The maximum Gasteiger partial charge on any atom is 0.163 e. The van der Waals surface area contributed by atoms with Crippen molar-refractivity contribution in [1.29, 1.82) is 0 Å². The van der Waals surface area contributed by atoms with E-state index in [2.05, 4.69) is 0 Å². The first-order valence-electron chi connectivity index (χ1n) is 3.94. The number of benzene rings is 1. The van der Waals surface area contributed by atoms with Gasteiger partial charge in [-0.2, -0.15) is 0 Å². The predicted octanol–water partition coefficient (Wildman–Crippen LogP) is 2.31. The SMILES string of the molecule is COc1c(C(C)=O)ccc(I)c1C=O. The Kier molecular flexibility index (Phi) is 3.62. The van der Waals surface area contributed by atoms with Crippen LogP contribution in [0.15, 0.2) is 12.1 Å². The Morgan fingerprint density at radius 3 is 2.57 bits per heavy atom. The molecule has 0 fully saturated rings. The van der Waals surface area contributed by atoms with Gasteiger partial charge in [-0.05, 0) is 41.6 Å². The number of carbonyl (C=O) groups is 2. The van der Waals surface area contributed by atoms with Crippen molar-refractivity contribution in [1.82, 2.24) is 0 Å². The van der Waals surface area contributed by atoms with E-state index in [-0.39, 0.29) is 5.78 Å². The molecular weight excluding hydrogens is 295 g/mol. The fourth-order valence-corrected chi connectivity index (χ4v) is 1.73. The topological polar surface area (TPSA) is 43.4 Å². The van der Waals surface area contributed by atoms with E-state index in [0.717, 1.165) is 3.57 Å². The zero-order valence-electron chi connectivity index (χ0n) is 7.83. The molecule has 0 aliphatic rings. The zero-order chi connectivity index (χ0) is 10.7. The second-order valence-corrected chi connectivity index (χ2v) is 3.88. The van der Waals surface area contributed by atoms with Gasteiger partial charge in [0.2, 0.25) is 0 Å². The maximum atomic E-state index is 11.2. The van der Waals surface area contributed by atoms with Crippen LogP contribution in [0.25, 0.3) is 0 Å². The quantitative estimate of drug-likeness (QED) is 0.489. The molecule has 0 aliphatic heterocycles. The number of carbonyl (C=O) groups excluding carboxylic acids is 2. The first-order chi connectivity index (χ1) is 6.61. The Balaban J connectivity index is 3.48. The van der Waals surface area contributed by atoms with E-state index >= 15 is 0 Å². The Bertz CT molecular complexity index is 385. The third kappa shape index (κ3) is 1.95. The lowest BCUT2D eigenvalue weighted by atomic mass is 10.1. The van der Waals surface area contributed by atoms with Crippen molar-refractivity contribution < 1.29 is 14.3 Å². The molecule has 4 heteroatoms. The molecule has 0 spiro atoms. The Labute approximate surface area is 95.6 Å². The molecule has 0 amide bonds. The van der Waals surface area contributed by atoms with Crippen LogP contribution >= 0.6 is 22.6 Å². The summed E-state index contributed by atoms with van der Waals surface area (Å²) < 4.78 is 5.83. The lowest BCUT2D eigenvalue weighted by Crippen LogP contribution is -2.02. The van der Waals surface area contributed by atoms with Gasteiger partial charge in [0.25, 0.3) is 0 Å². The molecule has 0 saturated carbocycles. The normalized spacial score (nSPS) is 9.64. The van der Waals surface area contributed by atoms with Crippen LogP contribution in [0, 0.1) is 3.57 Å². The second kappa shape index (κ2) is 4.54. The van der Waals surface area contributed by atoms with Crippen LogP contribution in [0.1, 0.15) is 27.6 Å². The summed E-state index contributed by atoms with van der Waals surface area (Å²) in [7, 11) is 1.45. The molecule has 0 bridgehead atoms. The highest BCUT2D eigenvalue weighted by Crippen LogP contribution is 2.27. The molecule has 1 aromatic carbocycles. The van der Waals surface area contributed by atoms with Crippen molar-refractivity contribution >= 4 is 34.7 Å². The van der Waals surface area contributed by atoms with E-state index < -0.39 is 0 Å². The van der Waals surface area contributed by atoms with Gasteiger partial charge in [-0.15, -0.1) is 0 Å². The standard InChI is InChI=1S/C10H9IO3/c1-6(13)7-3-4-9(11)8(5-12)10(7)14-2/h3-5H,1-2H3. The first-order valence-corrected chi connectivity index (χ1v) is 5.02. The monoisotopic (exact) mass is 304 g/mol. The molecule has 0 saturated heterocycles. The summed E-state index contributed by atoms with van der Waals surface area (Å²) in [6, 6.07) is 3.39. The molecule has 0 heterocycles. The molecule has 74 valence electrons. The molecule has 1 aromatic rings. The van der Waals surface area contributed by atoms with Crippen molar-refractivity contribution in [2.24, 2.45) is 0 Å². The van der Waals surface area contributed by atoms with Crippen LogP contribution in [0.2, 0.25) is 0 Å². The lowest BCUT2D eigenvalue weighted by Gasteiger charge is -2.09. The molecule has 0 atom stereocenters. The van der Waals surface area contributed by atoms with Gasteiger partial charge in [-0.1, -0.05) is 0 Å². The second-order valence-electron chi connectivity index (χ2n) is 2.72. The van der Waals surface area contributed by atoms with Crippen LogP contribution in [0.4, 0.5) is 0 Å². The number of rotatable bonds is 3. The summed E-state index contributed by atoms with van der Waals surface area (Å²) in [5.74, 6) is 0.251. The van der Waals surface area contributed by atoms with E-state index in [0.29, 0.717) is 23.2 Å². The van der Waals surface area contributed by atoms with Crippen molar-refractivity contribution in [2.45, 2.75) is 6.92 Å². The predicted molar refractivity (Wildman–Crippen MR) is 61.1 cm³/mol. The van der Waals surface area contributed by atoms with Gasteiger partial charge in [0, 0.05) is 3.57 Å². The van der Waals surface area contributed by atoms with E-state index in [4.69, 9.17) is 4.74 Å². The third-order valence-electron chi connectivity index (χ3n) is 1.84. The summed E-state index contributed by atoms with van der Waals surface area (Å²) in [6.07, 6.45) is 0.701. The van der Waals surface area contributed by atoms with Gasteiger partial charge in [-0.3, -0.25) is 9.59 Å². The molecular formula is C10H9IO3. The Morgan fingerprint density at radius 1 is 1.50 bits per heavy atom. The summed E-state index contributed by atoms with van der Waals surface area (Å²) in [5.41, 5.74) is 0.871. The molecule has 0 unspecified atom stereocenters. The van der Waals surface area contributed by atoms with Crippen molar-refractivity contribution in [3.63, 3.8) is 0 Å². The number of ketones is 1. The van der Waals surface area contributed by atoms with E-state index in [1.807, 2.05) is 22.6 Å². The summed E-state index contributed by atoms with van der Waals surface area (Å²) in [6.45, 7) is 1.44. The summed E-state index contributed by atoms with van der Waals surface area (Å²) in [5, 5.41) is 0. The highest BCUT2D eigenvalue weighted by atomic mass is 127. The minimum absolute atomic E-state index is 0.110. The van der Waals surface area contributed by atoms with Gasteiger partial charge in [0.1, 0.15) is 5.75 Å². The van der Waals surface area contributed by atoms with E-state index in [9.17, 15) is 9.59 Å². The van der Waals surface area contributed by atoms with E-state index in [1.165, 1.54) is 14.0 Å². The number of hydrogen-bond acceptors (Lipinski definition) is 3. The molecule has 0 aromatic heterocycles. The first kappa shape index (κ1) is 11.2. The fourth-order valence-electron chi connectivity index (χ4n) is 1.18. The average molecular weight is 304 g/mol. The summed E-state index contributed by atoms with van der Waals surface area (Å²) >= 11 is 2.03. The highest BCUT2D eigenvalue weighted by Gasteiger charge is 2.14. The maximum absolute atomic E-state index is 11.2. The molecule has 0 N–H and O–H groups in total. The minimum atomic E-state index is -0.110. The van der Waals surface area contributed by atoms with Crippen molar-refractivity contribution in [2.75, 3.05) is 7.11 Å². The minimum Gasteiger partial charge on any atom is -0.495 e. The van der Waals surface area contributed by atoms with Crippen molar-refractivity contribution in [3.8, 4) is 5.75 Å². The van der Waals surface area contributed by atoms with Crippen molar-refractivity contribution in [3.05, 3.63) is 26.8 Å². The van der Waals surface area contributed by atoms with Crippen LogP contribution < -0.4 is 4.74 Å². The van der Waals surface area contributed by atoms with Gasteiger partial charge in [0.15, 0.2) is 12.1 Å². The summed E-state index contributed by atoms with van der Waals surface area (Å²) in [4.78, 5) is 22.0. The average Bonchev–Trinajstić information content (AvgIpc) is 2.16. The van der Waals surface area contributed by atoms with Gasteiger partial charge in [-0.25, -0.2) is 0 Å². The molecule has 3 nitrogen and oxygen atoms in total. The molecule has 1 rings (SSSR count). The van der Waals surface area contributed by atoms with Gasteiger partial charge in [0.05, 0.1) is 18.2 Å². The zero-order valence-corrected chi connectivity index (χ0v) is 9.99. The van der Waals surface area contributed by atoms with Crippen LogP contribution in [-0.4, -0.2) is 19.2 Å². The number of halogens is 1. The lowest BCUT2D eigenvalue weighted by molar-refractivity contribution is 0.101. The van der Waals surface area contributed by atoms with E-state index in [1.54, 1.807) is 12.1 Å². The Hall–Kier alpha value is -0.910. The number of hydrogen-bond donors (Lipinski definition) is 0. The largest absolute Gasteiger partial charge is 0.495 e. The smallest absolute Gasteiger partial charge is 0.163 e. The molecule has 14 heavy (non-hydrogen) atoms. The number of Topliss-reactive ketones (excluding diaryl/α,β-unsaturated/α-hetero) is 1. The number of methoxy groups -OCH3 is 1. The van der Waals surface area contributed by atoms with Gasteiger partial charge < -0.3 is 4.74 Å². The van der Waals surface area contributed by atoms with Crippen LogP contribution in [-0.2, 0) is 0 Å². The Morgan fingerprint density at radius 2 is 2.14 bits per heavy atom. The molecule has 0 aliphatic carbocycles. The number of ether oxygens (including phenoxy) is 1. The van der Waals surface area contributed by atoms with Crippen LogP contribution in [0.5, 0.6) is 5.75 Å². The van der Waals surface area contributed by atoms with Gasteiger partial charge >= 0.3 is 0 Å². The molecule has 0 radical (unpaired) electrons. The van der Waals surface area contributed by atoms with Crippen LogP contribution in [0.3, 0.4) is 0 Å². The highest BCUT2D eigenvalue weighted by molar-refractivity contribution is 14.1.